The Balaban J connectivity index is 1.01. The number of ether oxygens (including phenoxy) is 4. The fraction of sp³-hybridized carbons (Fsp3) is 0.452. The van der Waals surface area contributed by atoms with Crippen LogP contribution in [0.1, 0.15) is 179 Å². The van der Waals surface area contributed by atoms with Crippen molar-refractivity contribution >= 4 is 63.5 Å². The second-order valence-corrected chi connectivity index (χ2v) is 27.8. The Kier molecular flexibility index (Phi) is 21.4. The maximum atomic E-state index is 14.7. The minimum atomic E-state index is -1.01. The fourth-order valence-electron chi connectivity index (χ4n) is 16.6. The molecule has 4 fully saturated rings. The van der Waals surface area contributed by atoms with Crippen LogP contribution in [0.25, 0.3) is 5.57 Å². The molecule has 0 aromatic heterocycles. The molecule has 6 aromatic rings. The quantitative estimate of drug-likeness (QED) is 0.0279. The lowest BCUT2D eigenvalue weighted by molar-refractivity contribution is -0.386. The number of hydrogen-bond acceptors (Lipinski definition) is 14. The van der Waals surface area contributed by atoms with Gasteiger partial charge in [-0.2, -0.15) is 0 Å². The van der Waals surface area contributed by atoms with Crippen molar-refractivity contribution in [3.8, 4) is 11.5 Å². The highest BCUT2D eigenvalue weighted by Crippen LogP contribution is 2.69. The van der Waals surface area contributed by atoms with Gasteiger partial charge in [0.1, 0.15) is 37.6 Å². The van der Waals surface area contributed by atoms with E-state index < -0.39 is 58.1 Å². The van der Waals surface area contributed by atoms with Crippen LogP contribution >= 0.6 is 23.2 Å². The van der Waals surface area contributed by atoms with E-state index in [0.29, 0.717) is 46.3 Å². The molecule has 0 N–H and O–H groups in total. The van der Waals surface area contributed by atoms with E-state index in [0.717, 1.165) is 55.3 Å². The molecule has 0 aliphatic heterocycles. The highest BCUT2D eigenvalue weighted by molar-refractivity contribution is 6.33. The van der Waals surface area contributed by atoms with Gasteiger partial charge in [-0.25, -0.2) is 9.59 Å². The number of benzene rings is 6. The zero-order chi connectivity index (χ0) is 66.3. The number of carbonyl (C=O) groups is 2. The SMILES string of the molecule is CC(C)CCCC(C)[C@H]1CC[C@@H]2[C@H]3CC[C@H]4C[C@@H](CCC=C(c5cc(Cl)c(OCc6ccccc6[N+](=O)[O-])c(C(=O)OCc6ccccc6[N+](=O)[O-])c5)c5cc(Cl)c(OCc6ccccc6[N+](=O)[O-])c(C(=O)OCc6ccccc6[N+](=O)[O-])c5)CC[C@]4(C)[C@@H]3CC[C@]12C. The number of nitro groups is 4. The van der Waals surface area contributed by atoms with E-state index in [2.05, 4.69) is 34.6 Å². The fourth-order valence-corrected chi connectivity index (χ4v) is 17.1. The third-order valence-corrected chi connectivity index (χ3v) is 21.8. The molecule has 4 saturated carbocycles. The Labute approximate surface area is 552 Å². The molecule has 10 rings (SSSR count). The van der Waals surface area contributed by atoms with Gasteiger partial charge in [0.15, 0.2) is 11.5 Å². The molecule has 93 heavy (non-hydrogen) atoms. The summed E-state index contributed by atoms with van der Waals surface area (Å²) in [5.41, 5.74) is 0.647. The average Bonchev–Trinajstić information content (AvgIpc) is 1.69. The molecular formula is C73H80Cl2N4O14. The van der Waals surface area contributed by atoms with Gasteiger partial charge in [0.2, 0.25) is 0 Å². The number of para-hydroxylation sites is 4. The zero-order valence-corrected chi connectivity index (χ0v) is 54.7. The summed E-state index contributed by atoms with van der Waals surface area (Å²) < 4.78 is 24.1. The lowest BCUT2D eigenvalue weighted by atomic mass is 9.44. The summed E-state index contributed by atoms with van der Waals surface area (Å²) in [6.45, 7) is 10.5. The van der Waals surface area contributed by atoms with Gasteiger partial charge < -0.3 is 18.9 Å². The first-order valence-corrected chi connectivity index (χ1v) is 33.2. The van der Waals surface area contributed by atoms with E-state index in [-0.39, 0.29) is 83.1 Å². The maximum Gasteiger partial charge on any atom is 0.342 e. The summed E-state index contributed by atoms with van der Waals surface area (Å²) in [5, 5.41) is 48.2. The molecule has 0 spiro atoms. The Hall–Kier alpha value is -8.22. The molecule has 6 aromatic carbocycles. The number of fused-ring (bicyclic) bond motifs is 5. The number of esters is 2. The summed E-state index contributed by atoms with van der Waals surface area (Å²) in [4.78, 5) is 75.5. The van der Waals surface area contributed by atoms with Crippen molar-refractivity contribution in [3.63, 3.8) is 0 Å². The van der Waals surface area contributed by atoms with Crippen molar-refractivity contribution in [2.75, 3.05) is 0 Å². The zero-order valence-electron chi connectivity index (χ0n) is 53.2. The molecule has 0 heterocycles. The predicted molar refractivity (Wildman–Crippen MR) is 355 cm³/mol. The Morgan fingerprint density at radius 3 is 1.46 bits per heavy atom. The van der Waals surface area contributed by atoms with Gasteiger partial charge in [-0.1, -0.05) is 132 Å². The van der Waals surface area contributed by atoms with Gasteiger partial charge >= 0.3 is 11.9 Å². The summed E-state index contributed by atoms with van der Waals surface area (Å²) in [6.07, 6.45) is 18.2. The van der Waals surface area contributed by atoms with Crippen LogP contribution in [0.15, 0.2) is 127 Å². The van der Waals surface area contributed by atoms with E-state index in [1.165, 1.54) is 143 Å². The number of carbonyl (C=O) groups excluding carboxylic acids is 2. The first-order valence-electron chi connectivity index (χ1n) is 32.4. The van der Waals surface area contributed by atoms with Crippen LogP contribution in [0.5, 0.6) is 11.5 Å². The smallest absolute Gasteiger partial charge is 0.342 e. The summed E-state index contributed by atoms with van der Waals surface area (Å²) >= 11 is 14.5. The van der Waals surface area contributed by atoms with Crippen molar-refractivity contribution in [2.24, 2.45) is 58.2 Å². The van der Waals surface area contributed by atoms with E-state index in [1.54, 1.807) is 36.4 Å². The Morgan fingerprint density at radius 1 is 0.559 bits per heavy atom. The molecule has 1 unspecified atom stereocenters. The molecule has 4 aliphatic carbocycles. The molecule has 0 amide bonds. The Bertz CT molecular complexity index is 3650. The van der Waals surface area contributed by atoms with Crippen molar-refractivity contribution in [2.45, 2.75) is 151 Å². The number of nitrogens with zero attached hydrogens (tertiary/aromatic N) is 4. The van der Waals surface area contributed by atoms with Crippen molar-refractivity contribution in [1.29, 1.82) is 0 Å². The minimum Gasteiger partial charge on any atom is -0.486 e. The molecule has 0 bridgehead atoms. The molecule has 0 radical (unpaired) electrons. The first-order chi connectivity index (χ1) is 44.6. The van der Waals surface area contributed by atoms with E-state index in [9.17, 15) is 50.0 Å². The van der Waals surface area contributed by atoms with E-state index in [4.69, 9.17) is 42.1 Å². The van der Waals surface area contributed by atoms with Crippen LogP contribution in [-0.4, -0.2) is 31.6 Å². The second kappa shape index (κ2) is 29.4. The van der Waals surface area contributed by atoms with Crippen LogP contribution in [0, 0.1) is 98.6 Å². The van der Waals surface area contributed by atoms with Gasteiger partial charge in [-0.3, -0.25) is 40.5 Å². The highest BCUT2D eigenvalue weighted by Gasteiger charge is 2.60. The number of allylic oxidation sites excluding steroid dienone is 1. The predicted octanol–water partition coefficient (Wildman–Crippen LogP) is 19.4. The van der Waals surface area contributed by atoms with Gasteiger partial charge in [-0.15, -0.1) is 0 Å². The molecule has 18 nitrogen and oxygen atoms in total. The standard InChI is InChI=1S/C73H80Cl2N4O14/c1-45(2)16-14-17-46(3)59-30-31-60-56-29-28-54-36-47(32-34-72(54,4)61(56)33-35-73(59,60)5)18-15-23-55(52-37-57(70(80)92-43-50-21-8-12-26-66(50)78(86)87)68(62(74)39-52)90-41-48-19-6-10-24-64(48)76(82)83)53-38-58(71(81)93-44-51-22-9-13-27-67(51)79(88)89)69(63(75)40-53)91-42-49-20-7-11-25-65(49)77(84)85/h6-13,19-27,37-40,45-47,54,56,59-61H,14-18,28-36,41-44H2,1-5H3/t46?,47-,54-,56+,59+,60+,61+,72-,73+/m0/s1. The lowest BCUT2D eigenvalue weighted by Crippen LogP contribution is -2.53. The highest BCUT2D eigenvalue weighted by atomic mass is 35.5. The van der Waals surface area contributed by atoms with Crippen LogP contribution in [0.3, 0.4) is 0 Å². The molecule has 20 heteroatoms. The monoisotopic (exact) mass is 1310 g/mol. The van der Waals surface area contributed by atoms with Crippen molar-refractivity contribution in [3.05, 3.63) is 222 Å². The van der Waals surface area contributed by atoms with Gasteiger partial charge in [0.05, 0.1) is 52.0 Å². The van der Waals surface area contributed by atoms with E-state index in [1.807, 2.05) is 6.08 Å². The second-order valence-electron chi connectivity index (χ2n) is 27.0. The van der Waals surface area contributed by atoms with Gasteiger partial charge in [0, 0.05) is 24.3 Å². The average molecular weight is 1310 g/mol. The lowest BCUT2D eigenvalue weighted by Gasteiger charge is -2.61. The normalized spacial score (nSPS) is 22.5. The number of halogens is 2. The summed E-state index contributed by atoms with van der Waals surface area (Å²) in [5.74, 6) is 2.99. The van der Waals surface area contributed by atoms with Crippen LogP contribution in [-0.2, 0) is 35.9 Å². The van der Waals surface area contributed by atoms with Gasteiger partial charge in [-0.05, 0) is 194 Å². The van der Waals surface area contributed by atoms with E-state index >= 15 is 0 Å². The van der Waals surface area contributed by atoms with Crippen molar-refractivity contribution in [1.82, 2.24) is 0 Å². The maximum absolute atomic E-state index is 14.7. The van der Waals surface area contributed by atoms with Crippen LogP contribution in [0.2, 0.25) is 10.0 Å². The number of hydrogen-bond donors (Lipinski definition) is 0. The third kappa shape index (κ3) is 14.9. The van der Waals surface area contributed by atoms with Crippen molar-refractivity contribution < 1.29 is 48.2 Å². The summed E-state index contributed by atoms with van der Waals surface area (Å²) in [6, 6.07) is 29.4. The number of rotatable bonds is 26. The molecule has 0 saturated heterocycles. The van der Waals surface area contributed by atoms with Crippen LogP contribution in [0.4, 0.5) is 22.7 Å². The number of nitro benzene ring substituents is 4. The minimum absolute atomic E-state index is 0.0962. The Morgan fingerprint density at radius 2 is 1.00 bits per heavy atom. The van der Waals surface area contributed by atoms with Gasteiger partial charge in [0.25, 0.3) is 22.7 Å². The first kappa shape index (κ1) is 67.7. The van der Waals surface area contributed by atoms with Crippen LogP contribution < -0.4 is 9.47 Å². The summed E-state index contributed by atoms with van der Waals surface area (Å²) in [7, 11) is 0. The molecule has 490 valence electrons. The molecular weight excluding hydrogens is 1230 g/mol. The topological polar surface area (TPSA) is 244 Å². The third-order valence-electron chi connectivity index (χ3n) is 21.3. The molecule has 9 atom stereocenters. The molecule has 4 aliphatic rings. The largest absolute Gasteiger partial charge is 0.486 e.